The number of halogens is 1. The Hall–Kier alpha value is -1.98. The van der Waals surface area contributed by atoms with Gasteiger partial charge in [-0.1, -0.05) is 35.9 Å². The van der Waals surface area contributed by atoms with Crippen LogP contribution in [-0.4, -0.2) is 35.6 Å². The smallest absolute Gasteiger partial charge is 0.255 e. The van der Waals surface area contributed by atoms with Crippen LogP contribution in [0.3, 0.4) is 0 Å². The van der Waals surface area contributed by atoms with Gasteiger partial charge in [0.25, 0.3) is 5.91 Å². The number of rotatable bonds is 5. The summed E-state index contributed by atoms with van der Waals surface area (Å²) in [6.45, 7) is 1.56. The van der Waals surface area contributed by atoms with Gasteiger partial charge in [-0.3, -0.25) is 9.59 Å². The summed E-state index contributed by atoms with van der Waals surface area (Å²) in [6.07, 6.45) is 3.24. The third kappa shape index (κ3) is 4.80. The van der Waals surface area contributed by atoms with Crippen LogP contribution in [0.25, 0.3) is 0 Å². The van der Waals surface area contributed by atoms with Gasteiger partial charge in [0.05, 0.1) is 22.0 Å². The highest BCUT2D eigenvalue weighted by molar-refractivity contribution is 8.00. The van der Waals surface area contributed by atoms with Crippen LogP contribution in [0.2, 0.25) is 5.02 Å². The summed E-state index contributed by atoms with van der Waals surface area (Å²) in [5.74, 6) is 0.0591. The fourth-order valence-corrected chi connectivity index (χ4v) is 3.98. The maximum Gasteiger partial charge on any atom is 0.255 e. The monoisotopic (exact) mass is 388 g/mol. The van der Waals surface area contributed by atoms with E-state index in [4.69, 9.17) is 11.6 Å². The lowest BCUT2D eigenvalue weighted by atomic mass is 10.1. The molecule has 6 heteroatoms. The van der Waals surface area contributed by atoms with Gasteiger partial charge in [0.2, 0.25) is 5.91 Å². The third-order valence-corrected chi connectivity index (χ3v) is 5.79. The van der Waals surface area contributed by atoms with Crippen LogP contribution in [0.4, 0.5) is 5.69 Å². The van der Waals surface area contributed by atoms with Crippen molar-refractivity contribution in [3.63, 3.8) is 0 Å². The van der Waals surface area contributed by atoms with Crippen LogP contribution in [0.5, 0.6) is 0 Å². The topological polar surface area (TPSA) is 49.4 Å². The fourth-order valence-electron chi connectivity index (χ4n) is 2.94. The van der Waals surface area contributed by atoms with E-state index in [-0.39, 0.29) is 17.6 Å². The molecular weight excluding hydrogens is 368 g/mol. The molecule has 2 aromatic rings. The molecule has 0 aromatic heterocycles. The van der Waals surface area contributed by atoms with Crippen molar-refractivity contribution in [3.8, 4) is 0 Å². The Labute approximate surface area is 162 Å². The SMILES string of the molecule is O=C(CSc1ccccc1Cl)Nc1ccccc1C(=O)N1CCCCC1. The van der Waals surface area contributed by atoms with Crippen LogP contribution < -0.4 is 5.32 Å². The third-order valence-electron chi connectivity index (χ3n) is 4.27. The van der Waals surface area contributed by atoms with Gasteiger partial charge in [0.15, 0.2) is 0 Å². The highest BCUT2D eigenvalue weighted by Crippen LogP contribution is 2.27. The van der Waals surface area contributed by atoms with Crippen LogP contribution in [0, 0.1) is 0 Å². The molecule has 0 bridgehead atoms. The number of amides is 2. The average Bonchev–Trinajstić information content (AvgIpc) is 2.68. The molecule has 136 valence electrons. The summed E-state index contributed by atoms with van der Waals surface area (Å²) in [5, 5.41) is 3.50. The molecule has 0 atom stereocenters. The van der Waals surface area contributed by atoms with Crippen LogP contribution in [-0.2, 0) is 4.79 Å². The molecule has 2 amide bonds. The zero-order valence-corrected chi connectivity index (χ0v) is 16.0. The molecule has 1 aliphatic heterocycles. The summed E-state index contributed by atoms with van der Waals surface area (Å²) in [5.41, 5.74) is 1.11. The number of hydrogen-bond acceptors (Lipinski definition) is 3. The van der Waals surface area contributed by atoms with Crippen molar-refractivity contribution in [2.24, 2.45) is 0 Å². The number of piperidine rings is 1. The molecule has 4 nitrogen and oxygen atoms in total. The first-order chi connectivity index (χ1) is 12.6. The number of anilines is 1. The van der Waals surface area contributed by atoms with E-state index in [0.717, 1.165) is 30.8 Å². The number of carbonyl (C=O) groups excluding carboxylic acids is 2. The number of hydrogen-bond donors (Lipinski definition) is 1. The van der Waals surface area contributed by atoms with Gasteiger partial charge in [-0.05, 0) is 43.5 Å². The minimum Gasteiger partial charge on any atom is -0.339 e. The number of thioether (sulfide) groups is 1. The highest BCUT2D eigenvalue weighted by Gasteiger charge is 2.21. The molecule has 3 rings (SSSR count). The van der Waals surface area contributed by atoms with Gasteiger partial charge in [-0.2, -0.15) is 0 Å². The van der Waals surface area contributed by atoms with Crippen molar-refractivity contribution < 1.29 is 9.59 Å². The number of carbonyl (C=O) groups is 2. The maximum absolute atomic E-state index is 12.8. The highest BCUT2D eigenvalue weighted by atomic mass is 35.5. The molecule has 0 spiro atoms. The van der Waals surface area contributed by atoms with Crippen molar-refractivity contribution in [1.29, 1.82) is 0 Å². The second kappa shape index (κ2) is 9.10. The van der Waals surface area contributed by atoms with Gasteiger partial charge in [0, 0.05) is 18.0 Å². The van der Waals surface area contributed by atoms with Crippen LogP contribution in [0.15, 0.2) is 53.4 Å². The second-order valence-electron chi connectivity index (χ2n) is 6.17. The molecule has 0 aliphatic carbocycles. The standard InChI is InChI=1S/C20H21ClN2O2S/c21-16-9-3-5-11-18(16)26-14-19(24)22-17-10-4-2-8-15(17)20(25)23-12-6-1-7-13-23/h2-5,8-11H,1,6-7,12-14H2,(H,22,24). The molecular formula is C20H21ClN2O2S. The zero-order valence-electron chi connectivity index (χ0n) is 14.4. The lowest BCUT2D eigenvalue weighted by Gasteiger charge is -2.27. The van der Waals surface area contributed by atoms with Gasteiger partial charge >= 0.3 is 0 Å². The molecule has 0 unspecified atom stereocenters. The van der Waals surface area contributed by atoms with E-state index in [0.29, 0.717) is 16.3 Å². The molecule has 1 heterocycles. The minimum atomic E-state index is -0.159. The van der Waals surface area contributed by atoms with Gasteiger partial charge < -0.3 is 10.2 Å². The summed E-state index contributed by atoms with van der Waals surface area (Å²) in [6, 6.07) is 14.6. The molecule has 1 N–H and O–H groups in total. The summed E-state index contributed by atoms with van der Waals surface area (Å²) >= 11 is 7.50. The van der Waals surface area contributed by atoms with Gasteiger partial charge in [0.1, 0.15) is 0 Å². The number of nitrogens with zero attached hydrogens (tertiary/aromatic N) is 1. The van der Waals surface area contributed by atoms with Crippen LogP contribution >= 0.6 is 23.4 Å². The number of likely N-dealkylation sites (tertiary alicyclic amines) is 1. The first-order valence-corrected chi connectivity index (χ1v) is 10.1. The minimum absolute atomic E-state index is 0.0145. The van der Waals surface area contributed by atoms with E-state index < -0.39 is 0 Å². The quantitative estimate of drug-likeness (QED) is 0.755. The number of benzene rings is 2. The molecule has 0 radical (unpaired) electrons. The molecule has 26 heavy (non-hydrogen) atoms. The fraction of sp³-hybridized carbons (Fsp3) is 0.300. The summed E-state index contributed by atoms with van der Waals surface area (Å²) < 4.78 is 0. The van der Waals surface area contributed by atoms with Crippen molar-refractivity contribution >= 4 is 40.9 Å². The Balaban J connectivity index is 1.65. The van der Waals surface area contributed by atoms with E-state index >= 15 is 0 Å². The van der Waals surface area contributed by atoms with Crippen molar-refractivity contribution in [1.82, 2.24) is 4.90 Å². The van der Waals surface area contributed by atoms with E-state index in [1.165, 1.54) is 18.2 Å². The van der Waals surface area contributed by atoms with E-state index in [9.17, 15) is 9.59 Å². The van der Waals surface area contributed by atoms with Crippen molar-refractivity contribution in [2.75, 3.05) is 24.2 Å². The van der Waals surface area contributed by atoms with Crippen LogP contribution in [0.1, 0.15) is 29.6 Å². The Kier molecular flexibility index (Phi) is 6.58. The maximum atomic E-state index is 12.8. The van der Waals surface area contributed by atoms with Crippen molar-refractivity contribution in [3.05, 3.63) is 59.1 Å². The average molecular weight is 389 g/mol. The van der Waals surface area contributed by atoms with Gasteiger partial charge in [-0.15, -0.1) is 11.8 Å². The first-order valence-electron chi connectivity index (χ1n) is 8.70. The van der Waals surface area contributed by atoms with E-state index in [1.54, 1.807) is 18.2 Å². The first kappa shape index (κ1) is 18.8. The number of nitrogens with one attached hydrogen (secondary N) is 1. The molecule has 1 fully saturated rings. The lowest BCUT2D eigenvalue weighted by molar-refractivity contribution is -0.113. The predicted molar refractivity (Wildman–Crippen MR) is 107 cm³/mol. The van der Waals surface area contributed by atoms with E-state index in [1.807, 2.05) is 35.2 Å². The molecule has 1 aliphatic rings. The summed E-state index contributed by atoms with van der Waals surface area (Å²) in [4.78, 5) is 27.9. The van der Waals surface area contributed by atoms with Crippen molar-refractivity contribution in [2.45, 2.75) is 24.2 Å². The zero-order chi connectivity index (χ0) is 18.4. The molecule has 0 saturated carbocycles. The van der Waals surface area contributed by atoms with Gasteiger partial charge in [-0.25, -0.2) is 0 Å². The Bertz CT molecular complexity index is 791. The second-order valence-corrected chi connectivity index (χ2v) is 7.59. The molecule has 2 aromatic carbocycles. The number of para-hydroxylation sites is 1. The normalized spacial score (nSPS) is 14.1. The Morgan fingerprint density at radius 2 is 1.69 bits per heavy atom. The Morgan fingerprint density at radius 1 is 1.00 bits per heavy atom. The summed E-state index contributed by atoms with van der Waals surface area (Å²) in [7, 11) is 0. The lowest BCUT2D eigenvalue weighted by Crippen LogP contribution is -2.36. The van der Waals surface area contributed by atoms with E-state index in [2.05, 4.69) is 5.32 Å². The largest absolute Gasteiger partial charge is 0.339 e. The predicted octanol–water partition coefficient (Wildman–Crippen LogP) is 4.70. The molecule has 1 saturated heterocycles. The Morgan fingerprint density at radius 3 is 2.46 bits per heavy atom.